The van der Waals surface area contributed by atoms with Gasteiger partial charge >= 0.3 is 0 Å². The molecule has 4 heteroatoms. The predicted molar refractivity (Wildman–Crippen MR) is 62.2 cm³/mol. The third-order valence-corrected chi connectivity index (χ3v) is 3.92. The lowest BCUT2D eigenvalue weighted by atomic mass is 9.93. The molecule has 0 amide bonds. The second-order valence-corrected chi connectivity index (χ2v) is 5.29. The van der Waals surface area contributed by atoms with Crippen molar-refractivity contribution in [3.8, 4) is 0 Å². The van der Waals surface area contributed by atoms with Crippen LogP contribution in [0.2, 0.25) is 0 Å². The van der Waals surface area contributed by atoms with Crippen molar-refractivity contribution in [2.24, 2.45) is 5.92 Å². The fourth-order valence-corrected chi connectivity index (χ4v) is 3.15. The van der Waals surface area contributed by atoms with Crippen LogP contribution in [0.15, 0.2) is 6.20 Å². The van der Waals surface area contributed by atoms with Gasteiger partial charge in [0.15, 0.2) is 0 Å². The molecule has 84 valence electrons. The lowest BCUT2D eigenvalue weighted by molar-refractivity contribution is 0.0407. The van der Waals surface area contributed by atoms with Crippen LogP contribution in [-0.2, 0) is 4.74 Å². The number of thiazole rings is 1. The van der Waals surface area contributed by atoms with E-state index in [0.717, 1.165) is 18.2 Å². The smallest absolute Gasteiger partial charge is 0.0897 e. The Hall–Kier alpha value is -0.450. The zero-order valence-electron chi connectivity index (χ0n) is 9.32. The molecule has 0 aliphatic carbocycles. The van der Waals surface area contributed by atoms with Crippen molar-refractivity contribution < 1.29 is 4.74 Å². The predicted octanol–water partition coefficient (Wildman–Crippen LogP) is 2.14. The van der Waals surface area contributed by atoms with E-state index in [0.29, 0.717) is 12.0 Å². The molecule has 0 radical (unpaired) electrons. The summed E-state index contributed by atoms with van der Waals surface area (Å²) < 4.78 is 5.54. The highest BCUT2D eigenvalue weighted by Gasteiger charge is 2.25. The topological polar surface area (TPSA) is 34.2 Å². The van der Waals surface area contributed by atoms with E-state index in [-0.39, 0.29) is 0 Å². The molecule has 3 nitrogen and oxygen atoms in total. The minimum absolute atomic E-state index is 0.413. The molecule has 2 heterocycles. The summed E-state index contributed by atoms with van der Waals surface area (Å²) >= 11 is 1.78. The van der Waals surface area contributed by atoms with Crippen LogP contribution >= 0.6 is 11.3 Å². The average molecular weight is 226 g/mol. The first kappa shape index (κ1) is 11.0. The Balaban J connectivity index is 2.08. The zero-order chi connectivity index (χ0) is 10.7. The molecule has 2 rings (SSSR count). The van der Waals surface area contributed by atoms with Gasteiger partial charge in [-0.25, -0.2) is 4.98 Å². The number of nitrogens with zero attached hydrogens (tertiary/aromatic N) is 1. The fourth-order valence-electron chi connectivity index (χ4n) is 2.16. The molecular weight excluding hydrogens is 208 g/mol. The SMILES string of the molecule is CNC(c1cnc(C)s1)C1CCCOC1. The van der Waals surface area contributed by atoms with Gasteiger partial charge in [0, 0.05) is 29.6 Å². The van der Waals surface area contributed by atoms with Crippen LogP contribution in [0.25, 0.3) is 0 Å². The number of aryl methyl sites for hydroxylation is 1. The fraction of sp³-hybridized carbons (Fsp3) is 0.727. The lowest BCUT2D eigenvalue weighted by Gasteiger charge is -2.29. The highest BCUT2D eigenvalue weighted by atomic mass is 32.1. The Morgan fingerprint density at radius 1 is 1.67 bits per heavy atom. The van der Waals surface area contributed by atoms with Gasteiger partial charge in [0.2, 0.25) is 0 Å². The molecule has 0 saturated carbocycles. The molecule has 1 fully saturated rings. The number of hydrogen-bond acceptors (Lipinski definition) is 4. The van der Waals surface area contributed by atoms with Crippen LogP contribution in [-0.4, -0.2) is 25.2 Å². The monoisotopic (exact) mass is 226 g/mol. The summed E-state index contributed by atoms with van der Waals surface area (Å²) in [6.45, 7) is 3.86. The van der Waals surface area contributed by atoms with Gasteiger partial charge in [0.1, 0.15) is 0 Å². The molecule has 1 saturated heterocycles. The molecule has 0 aromatic carbocycles. The molecule has 2 unspecified atom stereocenters. The largest absolute Gasteiger partial charge is 0.381 e. The minimum atomic E-state index is 0.413. The van der Waals surface area contributed by atoms with Gasteiger partial charge in [-0.05, 0) is 26.8 Å². The van der Waals surface area contributed by atoms with E-state index in [9.17, 15) is 0 Å². The molecule has 1 N–H and O–H groups in total. The normalized spacial score (nSPS) is 24.0. The lowest BCUT2D eigenvalue weighted by Crippen LogP contribution is -2.30. The Kier molecular flexibility index (Phi) is 3.72. The summed E-state index contributed by atoms with van der Waals surface area (Å²) in [6.07, 6.45) is 4.43. The van der Waals surface area contributed by atoms with Crippen LogP contribution in [0.3, 0.4) is 0 Å². The van der Waals surface area contributed by atoms with E-state index in [1.165, 1.54) is 17.7 Å². The molecule has 0 bridgehead atoms. The summed E-state index contributed by atoms with van der Waals surface area (Å²) in [5, 5.41) is 4.53. The van der Waals surface area contributed by atoms with Crippen LogP contribution in [0, 0.1) is 12.8 Å². The second-order valence-electron chi connectivity index (χ2n) is 4.03. The van der Waals surface area contributed by atoms with E-state index in [4.69, 9.17) is 4.74 Å². The maximum atomic E-state index is 5.54. The molecule has 0 spiro atoms. The molecule has 15 heavy (non-hydrogen) atoms. The molecule has 2 atom stereocenters. The Morgan fingerprint density at radius 3 is 3.07 bits per heavy atom. The van der Waals surface area contributed by atoms with Crippen LogP contribution in [0.5, 0.6) is 0 Å². The summed E-state index contributed by atoms with van der Waals surface area (Å²) in [5.74, 6) is 0.601. The van der Waals surface area contributed by atoms with Crippen molar-refractivity contribution in [2.45, 2.75) is 25.8 Å². The summed E-state index contributed by atoms with van der Waals surface area (Å²) in [4.78, 5) is 5.66. The molecule has 1 aromatic heterocycles. The maximum absolute atomic E-state index is 5.54. The van der Waals surface area contributed by atoms with Crippen molar-refractivity contribution in [1.29, 1.82) is 0 Å². The van der Waals surface area contributed by atoms with Crippen molar-refractivity contribution in [2.75, 3.05) is 20.3 Å². The first-order chi connectivity index (χ1) is 7.31. The van der Waals surface area contributed by atoms with E-state index in [1.54, 1.807) is 11.3 Å². The molecule has 1 aliphatic heterocycles. The third-order valence-electron chi connectivity index (χ3n) is 2.92. The van der Waals surface area contributed by atoms with Crippen molar-refractivity contribution in [3.63, 3.8) is 0 Å². The number of nitrogens with one attached hydrogen (secondary N) is 1. The van der Waals surface area contributed by atoms with Crippen LogP contribution < -0.4 is 5.32 Å². The van der Waals surface area contributed by atoms with Gasteiger partial charge in [0.05, 0.1) is 11.6 Å². The number of aromatic nitrogens is 1. The Labute approximate surface area is 94.9 Å². The number of rotatable bonds is 3. The third kappa shape index (κ3) is 2.56. The second kappa shape index (κ2) is 5.05. The van der Waals surface area contributed by atoms with Crippen LogP contribution in [0.1, 0.15) is 28.8 Å². The maximum Gasteiger partial charge on any atom is 0.0897 e. The molecule has 1 aromatic rings. The Morgan fingerprint density at radius 2 is 2.53 bits per heavy atom. The first-order valence-corrected chi connectivity index (χ1v) is 6.30. The first-order valence-electron chi connectivity index (χ1n) is 5.48. The summed E-state index contributed by atoms with van der Waals surface area (Å²) in [6, 6.07) is 0.413. The van der Waals surface area contributed by atoms with E-state index >= 15 is 0 Å². The van der Waals surface area contributed by atoms with Gasteiger partial charge in [-0.2, -0.15) is 0 Å². The van der Waals surface area contributed by atoms with E-state index < -0.39 is 0 Å². The zero-order valence-corrected chi connectivity index (χ0v) is 10.1. The van der Waals surface area contributed by atoms with E-state index in [1.807, 2.05) is 13.2 Å². The number of hydrogen-bond donors (Lipinski definition) is 1. The minimum Gasteiger partial charge on any atom is -0.381 e. The van der Waals surface area contributed by atoms with Gasteiger partial charge in [-0.3, -0.25) is 0 Å². The summed E-state index contributed by atoms with van der Waals surface area (Å²) in [7, 11) is 2.02. The number of ether oxygens (including phenoxy) is 1. The highest BCUT2D eigenvalue weighted by Crippen LogP contribution is 2.31. The van der Waals surface area contributed by atoms with Gasteiger partial charge in [-0.15, -0.1) is 11.3 Å². The Bertz CT molecular complexity index is 307. The van der Waals surface area contributed by atoms with Gasteiger partial charge in [-0.1, -0.05) is 0 Å². The van der Waals surface area contributed by atoms with Crippen molar-refractivity contribution in [1.82, 2.24) is 10.3 Å². The standard InChI is InChI=1S/C11H18N2OS/c1-8-13-6-10(15-8)11(12-2)9-4-3-5-14-7-9/h6,9,11-12H,3-5,7H2,1-2H3. The molecule has 1 aliphatic rings. The van der Waals surface area contributed by atoms with Crippen molar-refractivity contribution in [3.05, 3.63) is 16.1 Å². The van der Waals surface area contributed by atoms with Crippen molar-refractivity contribution >= 4 is 11.3 Å². The summed E-state index contributed by atoms with van der Waals surface area (Å²) in [5.41, 5.74) is 0. The van der Waals surface area contributed by atoms with Gasteiger partial charge in [0.25, 0.3) is 0 Å². The average Bonchev–Trinajstić information content (AvgIpc) is 2.68. The van der Waals surface area contributed by atoms with E-state index in [2.05, 4.69) is 17.2 Å². The highest BCUT2D eigenvalue weighted by molar-refractivity contribution is 7.11. The van der Waals surface area contributed by atoms with Crippen LogP contribution in [0.4, 0.5) is 0 Å². The quantitative estimate of drug-likeness (QED) is 0.857. The molecular formula is C11H18N2OS. The van der Waals surface area contributed by atoms with Gasteiger partial charge < -0.3 is 10.1 Å².